The molecule has 7 nitrogen and oxygen atoms in total. The van der Waals surface area contributed by atoms with Gasteiger partial charge in [0.05, 0.1) is 5.56 Å². The number of rotatable bonds is 4. The van der Waals surface area contributed by atoms with E-state index in [0.29, 0.717) is 37.0 Å². The Kier molecular flexibility index (Phi) is 6.93. The van der Waals surface area contributed by atoms with E-state index in [1.807, 2.05) is 19.9 Å². The average Bonchev–Trinajstić information content (AvgIpc) is 3.20. The second-order valence-corrected chi connectivity index (χ2v) is 8.88. The summed E-state index contributed by atoms with van der Waals surface area (Å²) >= 11 is 1.71. The van der Waals surface area contributed by atoms with Crippen molar-refractivity contribution in [1.29, 1.82) is 0 Å². The second-order valence-electron chi connectivity index (χ2n) is 7.59. The zero-order valence-electron chi connectivity index (χ0n) is 16.5. The summed E-state index contributed by atoms with van der Waals surface area (Å²) in [6.07, 6.45) is 6.57. The largest absolute Gasteiger partial charge is 0.346 e. The summed E-state index contributed by atoms with van der Waals surface area (Å²) in [6, 6.07) is 3.54. The molecule has 3 rings (SSSR count). The summed E-state index contributed by atoms with van der Waals surface area (Å²) in [5.74, 6) is -1.16. The minimum atomic E-state index is -0.586. The maximum Gasteiger partial charge on any atom is 0.312 e. The molecule has 1 aliphatic carbocycles. The van der Waals surface area contributed by atoms with E-state index in [4.69, 9.17) is 0 Å². The normalized spacial score (nSPS) is 17.8. The Morgan fingerprint density at radius 2 is 1.75 bits per heavy atom. The Morgan fingerprint density at radius 1 is 1.11 bits per heavy atom. The van der Waals surface area contributed by atoms with Gasteiger partial charge in [-0.3, -0.25) is 14.4 Å². The van der Waals surface area contributed by atoms with Gasteiger partial charge in [-0.05, 0) is 38.8 Å². The van der Waals surface area contributed by atoms with Gasteiger partial charge < -0.3 is 15.1 Å². The lowest BCUT2D eigenvalue weighted by Crippen LogP contribution is -2.54. The molecule has 2 heterocycles. The fourth-order valence-electron chi connectivity index (χ4n) is 3.56. The van der Waals surface area contributed by atoms with Crippen LogP contribution in [0.5, 0.6) is 0 Å². The van der Waals surface area contributed by atoms with Crippen LogP contribution in [-0.2, 0) is 9.59 Å². The minimum Gasteiger partial charge on any atom is -0.346 e. The summed E-state index contributed by atoms with van der Waals surface area (Å²) in [6.45, 7) is 5.19. The molecular weight excluding hydrogens is 376 g/mol. The van der Waals surface area contributed by atoms with Gasteiger partial charge in [-0.15, -0.1) is 11.8 Å². The molecule has 152 valence electrons. The number of hydrogen-bond acceptors (Lipinski definition) is 5. The maximum atomic E-state index is 13.0. The fourth-order valence-corrected chi connectivity index (χ4v) is 4.85. The highest BCUT2D eigenvalue weighted by Gasteiger charge is 2.30. The van der Waals surface area contributed by atoms with Crippen molar-refractivity contribution in [3.63, 3.8) is 0 Å². The Balaban J connectivity index is 1.59. The van der Waals surface area contributed by atoms with Gasteiger partial charge in [-0.2, -0.15) is 0 Å². The van der Waals surface area contributed by atoms with Gasteiger partial charge in [0.15, 0.2) is 0 Å². The fraction of sp³-hybridized carbons (Fsp3) is 0.600. The lowest BCUT2D eigenvalue weighted by atomic mass is 10.2. The van der Waals surface area contributed by atoms with E-state index in [1.165, 1.54) is 30.6 Å². The van der Waals surface area contributed by atoms with E-state index in [0.717, 1.165) is 5.03 Å². The number of thioether (sulfide) groups is 1. The molecule has 3 amide bonds. The van der Waals surface area contributed by atoms with Crippen LogP contribution in [0.4, 0.5) is 0 Å². The molecule has 1 aromatic rings. The van der Waals surface area contributed by atoms with Gasteiger partial charge in [0.25, 0.3) is 5.91 Å². The third-order valence-electron chi connectivity index (χ3n) is 5.05. The summed E-state index contributed by atoms with van der Waals surface area (Å²) < 4.78 is 0. The van der Waals surface area contributed by atoms with Gasteiger partial charge in [0.1, 0.15) is 5.03 Å². The molecule has 1 N–H and O–H groups in total. The first-order chi connectivity index (χ1) is 13.5. The molecule has 1 aromatic heterocycles. The third-order valence-corrected chi connectivity index (χ3v) is 6.40. The Morgan fingerprint density at radius 3 is 2.39 bits per heavy atom. The predicted molar refractivity (Wildman–Crippen MR) is 108 cm³/mol. The topological polar surface area (TPSA) is 82.6 Å². The molecule has 0 aromatic carbocycles. The summed E-state index contributed by atoms with van der Waals surface area (Å²) in [7, 11) is 0. The zero-order chi connectivity index (χ0) is 20.1. The van der Waals surface area contributed by atoms with Crippen LogP contribution in [-0.4, -0.2) is 70.0 Å². The van der Waals surface area contributed by atoms with Gasteiger partial charge in [0, 0.05) is 43.7 Å². The molecule has 0 spiro atoms. The van der Waals surface area contributed by atoms with Crippen molar-refractivity contribution in [3.05, 3.63) is 23.9 Å². The highest BCUT2D eigenvalue weighted by Crippen LogP contribution is 2.35. The van der Waals surface area contributed by atoms with Crippen LogP contribution in [0, 0.1) is 0 Å². The van der Waals surface area contributed by atoms with Crippen LogP contribution in [0.15, 0.2) is 23.4 Å². The summed E-state index contributed by atoms with van der Waals surface area (Å²) in [5, 5.41) is 3.96. The van der Waals surface area contributed by atoms with E-state index < -0.39 is 11.8 Å². The molecule has 1 saturated heterocycles. The smallest absolute Gasteiger partial charge is 0.312 e. The molecule has 0 unspecified atom stereocenters. The number of amides is 3. The van der Waals surface area contributed by atoms with E-state index in [2.05, 4.69) is 10.3 Å². The SMILES string of the molecule is CC(C)NC(=O)C(=O)N1CCN(C(=O)c2cccnc2SC2CCCC2)CC1. The Bertz CT molecular complexity index is 726. The van der Waals surface area contributed by atoms with E-state index >= 15 is 0 Å². The van der Waals surface area contributed by atoms with Crippen LogP contribution in [0.25, 0.3) is 0 Å². The minimum absolute atomic E-state index is 0.0488. The van der Waals surface area contributed by atoms with Crippen LogP contribution in [0.1, 0.15) is 49.9 Å². The van der Waals surface area contributed by atoms with Crippen LogP contribution < -0.4 is 5.32 Å². The first-order valence-electron chi connectivity index (χ1n) is 9.96. The predicted octanol–water partition coefficient (Wildman–Crippen LogP) is 1.93. The average molecular weight is 405 g/mol. The number of hydrogen-bond donors (Lipinski definition) is 1. The summed E-state index contributed by atoms with van der Waals surface area (Å²) in [4.78, 5) is 44.9. The molecular formula is C20H28N4O3S. The zero-order valence-corrected chi connectivity index (χ0v) is 17.3. The van der Waals surface area contributed by atoms with Crippen molar-refractivity contribution in [3.8, 4) is 0 Å². The van der Waals surface area contributed by atoms with Gasteiger partial charge >= 0.3 is 11.8 Å². The molecule has 2 aliphatic rings. The number of nitrogens with zero attached hydrogens (tertiary/aromatic N) is 3. The van der Waals surface area contributed by atoms with Crippen molar-refractivity contribution in [2.24, 2.45) is 0 Å². The summed E-state index contributed by atoms with van der Waals surface area (Å²) in [5.41, 5.74) is 0.636. The third kappa shape index (κ3) is 5.04. The standard InChI is InChI=1S/C20H28N4O3S/c1-14(2)22-17(25)20(27)24-12-10-23(11-13-24)19(26)16-8-5-9-21-18(16)28-15-6-3-4-7-15/h5,8-9,14-15H,3-4,6-7,10-13H2,1-2H3,(H,22,25). The lowest BCUT2D eigenvalue weighted by molar-refractivity contribution is -0.147. The van der Waals surface area contributed by atoms with E-state index in [1.54, 1.807) is 28.9 Å². The Hall–Kier alpha value is -2.09. The second kappa shape index (κ2) is 9.41. The van der Waals surface area contributed by atoms with Crippen molar-refractivity contribution >= 4 is 29.5 Å². The first kappa shape index (κ1) is 20.6. The van der Waals surface area contributed by atoms with E-state index in [9.17, 15) is 14.4 Å². The van der Waals surface area contributed by atoms with Crippen LogP contribution >= 0.6 is 11.8 Å². The van der Waals surface area contributed by atoms with Crippen molar-refractivity contribution in [2.45, 2.75) is 55.8 Å². The molecule has 1 saturated carbocycles. The lowest BCUT2D eigenvalue weighted by Gasteiger charge is -2.34. The van der Waals surface area contributed by atoms with Crippen molar-refractivity contribution < 1.29 is 14.4 Å². The van der Waals surface area contributed by atoms with Crippen LogP contribution in [0.3, 0.4) is 0 Å². The van der Waals surface area contributed by atoms with Crippen molar-refractivity contribution in [1.82, 2.24) is 20.1 Å². The molecule has 8 heteroatoms. The van der Waals surface area contributed by atoms with Gasteiger partial charge in [0.2, 0.25) is 0 Å². The number of carbonyl (C=O) groups is 3. The number of aromatic nitrogens is 1. The van der Waals surface area contributed by atoms with Gasteiger partial charge in [-0.1, -0.05) is 12.8 Å². The van der Waals surface area contributed by atoms with Crippen LogP contribution in [0.2, 0.25) is 0 Å². The monoisotopic (exact) mass is 404 g/mol. The first-order valence-corrected chi connectivity index (χ1v) is 10.8. The molecule has 0 radical (unpaired) electrons. The molecule has 0 bridgehead atoms. The van der Waals surface area contributed by atoms with E-state index in [-0.39, 0.29) is 11.9 Å². The molecule has 0 atom stereocenters. The molecule has 28 heavy (non-hydrogen) atoms. The Labute approximate surface area is 170 Å². The highest BCUT2D eigenvalue weighted by molar-refractivity contribution is 7.99. The maximum absolute atomic E-state index is 13.0. The number of piperazine rings is 1. The number of nitrogens with one attached hydrogen (secondary N) is 1. The molecule has 1 aliphatic heterocycles. The van der Waals surface area contributed by atoms with Crippen molar-refractivity contribution in [2.75, 3.05) is 26.2 Å². The highest BCUT2D eigenvalue weighted by atomic mass is 32.2. The quantitative estimate of drug-likeness (QED) is 0.776. The molecule has 2 fully saturated rings. The number of pyridine rings is 1. The van der Waals surface area contributed by atoms with Gasteiger partial charge in [-0.25, -0.2) is 4.98 Å². The number of carbonyl (C=O) groups excluding carboxylic acids is 3.